The molecule has 1 saturated heterocycles. The fraction of sp³-hybridized carbons (Fsp3) is 0.417. The van der Waals surface area contributed by atoms with Gasteiger partial charge in [-0.25, -0.2) is 9.18 Å². The van der Waals surface area contributed by atoms with Gasteiger partial charge in [0.2, 0.25) is 0 Å². The van der Waals surface area contributed by atoms with E-state index in [9.17, 15) is 9.18 Å². The lowest BCUT2D eigenvalue weighted by atomic mass is 10.2. The van der Waals surface area contributed by atoms with Gasteiger partial charge in [0.05, 0.1) is 0 Å². The number of carbonyl (C=O) groups is 1. The van der Waals surface area contributed by atoms with E-state index < -0.39 is 0 Å². The maximum Gasteiger partial charge on any atom is 0.317 e. The molecule has 92 valence electrons. The fourth-order valence-electron chi connectivity index (χ4n) is 1.77. The van der Waals surface area contributed by atoms with Gasteiger partial charge in [-0.3, -0.25) is 0 Å². The number of nitrogens with zero attached hydrogens (tertiary/aromatic N) is 1. The van der Waals surface area contributed by atoms with Gasteiger partial charge in [-0.1, -0.05) is 12.1 Å². The summed E-state index contributed by atoms with van der Waals surface area (Å²) in [6.07, 6.45) is 0. The summed E-state index contributed by atoms with van der Waals surface area (Å²) in [7, 11) is 0. The van der Waals surface area contributed by atoms with Crippen LogP contribution < -0.4 is 10.6 Å². The van der Waals surface area contributed by atoms with Crippen molar-refractivity contribution in [3.05, 3.63) is 35.6 Å². The van der Waals surface area contributed by atoms with Crippen LogP contribution in [-0.2, 0) is 6.54 Å². The Morgan fingerprint density at radius 2 is 2.12 bits per heavy atom. The van der Waals surface area contributed by atoms with Crippen LogP contribution in [0.15, 0.2) is 24.3 Å². The minimum absolute atomic E-state index is 0.00795. The molecule has 17 heavy (non-hydrogen) atoms. The lowest BCUT2D eigenvalue weighted by Crippen LogP contribution is -2.34. The first-order valence-electron chi connectivity index (χ1n) is 5.73. The second-order valence-corrected chi connectivity index (χ2v) is 4.02. The van der Waals surface area contributed by atoms with Gasteiger partial charge in [-0.15, -0.1) is 0 Å². The number of nitrogens with one attached hydrogen (secondary N) is 2. The predicted octanol–water partition coefficient (Wildman–Crippen LogP) is 0.941. The molecule has 1 aromatic rings. The first-order valence-corrected chi connectivity index (χ1v) is 5.73. The predicted molar refractivity (Wildman–Crippen MR) is 63.1 cm³/mol. The molecule has 2 rings (SSSR count). The van der Waals surface area contributed by atoms with Crippen molar-refractivity contribution >= 4 is 6.03 Å². The number of hydrogen-bond acceptors (Lipinski definition) is 2. The molecule has 4 nitrogen and oxygen atoms in total. The van der Waals surface area contributed by atoms with Gasteiger partial charge in [0.1, 0.15) is 5.82 Å². The van der Waals surface area contributed by atoms with Gasteiger partial charge in [-0.2, -0.15) is 0 Å². The third-order valence-electron chi connectivity index (χ3n) is 2.75. The van der Waals surface area contributed by atoms with Crippen LogP contribution in [0.5, 0.6) is 0 Å². The SMILES string of the molecule is O=C1NCCN1CCNCc1ccc(F)cc1. The van der Waals surface area contributed by atoms with E-state index in [4.69, 9.17) is 0 Å². The summed E-state index contributed by atoms with van der Waals surface area (Å²) < 4.78 is 12.7. The quantitative estimate of drug-likeness (QED) is 0.749. The molecule has 0 saturated carbocycles. The maximum absolute atomic E-state index is 12.7. The number of hydrogen-bond donors (Lipinski definition) is 2. The zero-order chi connectivity index (χ0) is 12.1. The van der Waals surface area contributed by atoms with Crippen molar-refractivity contribution in [1.82, 2.24) is 15.5 Å². The molecule has 1 aliphatic heterocycles. The summed E-state index contributed by atoms with van der Waals surface area (Å²) in [6.45, 7) is 3.64. The van der Waals surface area contributed by atoms with E-state index in [1.54, 1.807) is 17.0 Å². The average Bonchev–Trinajstić information content (AvgIpc) is 2.73. The zero-order valence-corrected chi connectivity index (χ0v) is 9.58. The molecule has 0 spiro atoms. The average molecular weight is 237 g/mol. The highest BCUT2D eigenvalue weighted by Gasteiger charge is 2.17. The molecule has 0 aromatic heterocycles. The Bertz CT molecular complexity index is 380. The standard InChI is InChI=1S/C12H16FN3O/c13-11-3-1-10(2-4-11)9-14-5-7-16-8-6-15-12(16)17/h1-4,14H,5-9H2,(H,15,17). The van der Waals surface area contributed by atoms with Crippen molar-refractivity contribution in [3.63, 3.8) is 0 Å². The summed E-state index contributed by atoms with van der Waals surface area (Å²) in [5.74, 6) is -0.220. The van der Waals surface area contributed by atoms with Gasteiger partial charge >= 0.3 is 6.03 Å². The molecule has 0 unspecified atom stereocenters. The van der Waals surface area contributed by atoms with Gasteiger partial charge in [0.25, 0.3) is 0 Å². The number of carbonyl (C=O) groups excluding carboxylic acids is 1. The van der Waals surface area contributed by atoms with Crippen LogP contribution in [0.25, 0.3) is 0 Å². The monoisotopic (exact) mass is 237 g/mol. The molecule has 1 aliphatic rings. The smallest absolute Gasteiger partial charge is 0.317 e. The Morgan fingerprint density at radius 1 is 1.35 bits per heavy atom. The first-order chi connectivity index (χ1) is 8.25. The lowest BCUT2D eigenvalue weighted by Gasteiger charge is -2.14. The zero-order valence-electron chi connectivity index (χ0n) is 9.58. The van der Waals surface area contributed by atoms with E-state index in [2.05, 4.69) is 10.6 Å². The van der Waals surface area contributed by atoms with E-state index in [1.165, 1.54) is 12.1 Å². The normalized spacial score (nSPS) is 15.1. The topological polar surface area (TPSA) is 44.4 Å². The number of halogens is 1. The largest absolute Gasteiger partial charge is 0.336 e. The number of benzene rings is 1. The van der Waals surface area contributed by atoms with Crippen molar-refractivity contribution in [3.8, 4) is 0 Å². The molecule has 1 fully saturated rings. The first kappa shape index (κ1) is 11.9. The summed E-state index contributed by atoms with van der Waals surface area (Å²) in [5, 5.41) is 5.98. The molecule has 5 heteroatoms. The Balaban J connectivity index is 1.66. The van der Waals surface area contributed by atoms with Crippen molar-refractivity contribution < 1.29 is 9.18 Å². The molecule has 2 amide bonds. The molecule has 1 aromatic carbocycles. The van der Waals surface area contributed by atoms with Gasteiger partial charge in [-0.05, 0) is 17.7 Å². The Morgan fingerprint density at radius 3 is 2.76 bits per heavy atom. The highest BCUT2D eigenvalue weighted by Crippen LogP contribution is 2.02. The third-order valence-corrected chi connectivity index (χ3v) is 2.75. The van der Waals surface area contributed by atoms with E-state index in [0.29, 0.717) is 13.1 Å². The summed E-state index contributed by atoms with van der Waals surface area (Å²) in [5.41, 5.74) is 1.04. The molecular weight excluding hydrogens is 221 g/mol. The minimum Gasteiger partial charge on any atom is -0.336 e. The number of rotatable bonds is 5. The Kier molecular flexibility index (Phi) is 3.93. The Labute approximate surface area is 99.8 Å². The number of amides is 2. The molecule has 0 aliphatic carbocycles. The van der Waals surface area contributed by atoms with Crippen LogP contribution in [0.3, 0.4) is 0 Å². The van der Waals surface area contributed by atoms with Crippen molar-refractivity contribution in [2.45, 2.75) is 6.54 Å². The maximum atomic E-state index is 12.7. The molecule has 2 N–H and O–H groups in total. The summed E-state index contributed by atoms with van der Waals surface area (Å²) >= 11 is 0. The molecular formula is C12H16FN3O. The van der Waals surface area contributed by atoms with Crippen molar-refractivity contribution in [2.75, 3.05) is 26.2 Å². The summed E-state index contributed by atoms with van der Waals surface area (Å²) in [4.78, 5) is 13.0. The van der Waals surface area contributed by atoms with E-state index in [1.807, 2.05) is 0 Å². The molecule has 0 radical (unpaired) electrons. The van der Waals surface area contributed by atoms with Crippen LogP contribution >= 0.6 is 0 Å². The van der Waals surface area contributed by atoms with Crippen molar-refractivity contribution in [2.24, 2.45) is 0 Å². The van der Waals surface area contributed by atoms with Gasteiger partial charge in [0, 0.05) is 32.7 Å². The van der Waals surface area contributed by atoms with Crippen LogP contribution in [0.1, 0.15) is 5.56 Å². The molecule has 1 heterocycles. The molecule has 0 bridgehead atoms. The van der Waals surface area contributed by atoms with Crippen molar-refractivity contribution in [1.29, 1.82) is 0 Å². The minimum atomic E-state index is -0.220. The number of urea groups is 1. The van der Waals surface area contributed by atoms with E-state index >= 15 is 0 Å². The highest BCUT2D eigenvalue weighted by molar-refractivity contribution is 5.76. The van der Waals surface area contributed by atoms with E-state index in [0.717, 1.165) is 25.2 Å². The van der Waals surface area contributed by atoms with Crippen LogP contribution in [0, 0.1) is 5.82 Å². The summed E-state index contributed by atoms with van der Waals surface area (Å²) in [6, 6.07) is 6.42. The van der Waals surface area contributed by atoms with Crippen LogP contribution in [0.2, 0.25) is 0 Å². The fourth-order valence-corrected chi connectivity index (χ4v) is 1.77. The van der Waals surface area contributed by atoms with Gasteiger partial charge in [0.15, 0.2) is 0 Å². The third kappa shape index (κ3) is 3.42. The van der Waals surface area contributed by atoms with E-state index in [-0.39, 0.29) is 11.8 Å². The molecule has 0 atom stereocenters. The lowest BCUT2D eigenvalue weighted by molar-refractivity contribution is 0.217. The Hall–Kier alpha value is -1.62. The second-order valence-electron chi connectivity index (χ2n) is 4.02. The van der Waals surface area contributed by atoms with Crippen LogP contribution in [-0.4, -0.2) is 37.1 Å². The second kappa shape index (κ2) is 5.63. The van der Waals surface area contributed by atoms with Crippen LogP contribution in [0.4, 0.5) is 9.18 Å². The highest BCUT2D eigenvalue weighted by atomic mass is 19.1. The van der Waals surface area contributed by atoms with Gasteiger partial charge < -0.3 is 15.5 Å².